The number of furan rings is 1. The summed E-state index contributed by atoms with van der Waals surface area (Å²) in [5.41, 5.74) is 0.985. The Morgan fingerprint density at radius 3 is 2.73 bits per heavy atom. The Morgan fingerprint density at radius 2 is 1.96 bits per heavy atom. The summed E-state index contributed by atoms with van der Waals surface area (Å²) >= 11 is 0. The molecule has 3 rings (SSSR count). The molecule has 0 unspecified atom stereocenters. The quantitative estimate of drug-likeness (QED) is 0.800. The first-order valence-corrected chi connectivity index (χ1v) is 10.1. The third-order valence-electron chi connectivity index (χ3n) is 4.31. The Bertz CT molecular complexity index is 768. The predicted molar refractivity (Wildman–Crippen MR) is 99.6 cm³/mol. The molecule has 0 radical (unpaired) electrons. The SMILES string of the molecule is Cc1ccccc1[S@](=O)Cc1ccc(C(=O)NCCN2CCOCC2)o1. The Hall–Kier alpha value is -1.96. The second kappa shape index (κ2) is 9.12. The van der Waals surface area contributed by atoms with Crippen LogP contribution < -0.4 is 5.32 Å². The van der Waals surface area contributed by atoms with Gasteiger partial charge in [-0.15, -0.1) is 0 Å². The Balaban J connectivity index is 1.49. The average Bonchev–Trinajstić information content (AvgIpc) is 3.11. The summed E-state index contributed by atoms with van der Waals surface area (Å²) < 4.78 is 23.4. The van der Waals surface area contributed by atoms with Crippen molar-refractivity contribution in [2.45, 2.75) is 17.6 Å². The molecule has 0 spiro atoms. The van der Waals surface area contributed by atoms with Crippen LogP contribution in [0.2, 0.25) is 0 Å². The third kappa shape index (κ3) is 5.03. The molecular formula is C19H24N2O4S. The number of hydrogen-bond donors (Lipinski definition) is 1. The van der Waals surface area contributed by atoms with Gasteiger partial charge in [0, 0.05) is 31.1 Å². The van der Waals surface area contributed by atoms with Gasteiger partial charge in [0.25, 0.3) is 5.91 Å². The molecule has 7 heteroatoms. The van der Waals surface area contributed by atoms with Crippen LogP contribution in [0.3, 0.4) is 0 Å². The molecule has 1 aliphatic rings. The van der Waals surface area contributed by atoms with Gasteiger partial charge in [-0.2, -0.15) is 0 Å². The molecule has 26 heavy (non-hydrogen) atoms. The normalized spacial score (nSPS) is 16.3. The number of hydrogen-bond acceptors (Lipinski definition) is 5. The molecule has 2 aromatic rings. The van der Waals surface area contributed by atoms with Gasteiger partial charge in [0.05, 0.1) is 29.8 Å². The number of amides is 1. The highest BCUT2D eigenvalue weighted by atomic mass is 32.2. The molecule has 2 heterocycles. The minimum Gasteiger partial charge on any atom is -0.455 e. The molecular weight excluding hydrogens is 352 g/mol. The van der Waals surface area contributed by atoms with Crippen molar-refractivity contribution in [1.29, 1.82) is 0 Å². The second-order valence-electron chi connectivity index (χ2n) is 6.23. The van der Waals surface area contributed by atoms with Crippen LogP contribution >= 0.6 is 0 Å². The van der Waals surface area contributed by atoms with Gasteiger partial charge in [0.2, 0.25) is 0 Å². The number of aryl methyl sites for hydroxylation is 1. The van der Waals surface area contributed by atoms with Crippen molar-refractivity contribution >= 4 is 16.7 Å². The Morgan fingerprint density at radius 1 is 1.19 bits per heavy atom. The molecule has 6 nitrogen and oxygen atoms in total. The molecule has 1 N–H and O–H groups in total. The van der Waals surface area contributed by atoms with E-state index in [-0.39, 0.29) is 17.4 Å². The van der Waals surface area contributed by atoms with Gasteiger partial charge in [-0.3, -0.25) is 13.9 Å². The molecule has 1 fully saturated rings. The van der Waals surface area contributed by atoms with Gasteiger partial charge in [0.1, 0.15) is 5.76 Å². The maximum Gasteiger partial charge on any atom is 0.287 e. The highest BCUT2D eigenvalue weighted by molar-refractivity contribution is 7.84. The van der Waals surface area contributed by atoms with Crippen LogP contribution in [0.1, 0.15) is 21.9 Å². The lowest BCUT2D eigenvalue weighted by molar-refractivity contribution is 0.0382. The van der Waals surface area contributed by atoms with E-state index in [2.05, 4.69) is 10.2 Å². The maximum atomic E-state index is 12.5. The summed E-state index contributed by atoms with van der Waals surface area (Å²) in [7, 11) is -1.20. The van der Waals surface area contributed by atoms with Gasteiger partial charge in [-0.1, -0.05) is 18.2 Å². The van der Waals surface area contributed by atoms with E-state index in [1.165, 1.54) is 0 Å². The molecule has 1 saturated heterocycles. The smallest absolute Gasteiger partial charge is 0.287 e. The lowest BCUT2D eigenvalue weighted by atomic mass is 10.2. The molecule has 1 aromatic carbocycles. The molecule has 1 atom stereocenters. The Kier molecular flexibility index (Phi) is 6.60. The van der Waals surface area contributed by atoms with Crippen LogP contribution in [0.15, 0.2) is 45.7 Å². The highest BCUT2D eigenvalue weighted by Crippen LogP contribution is 2.18. The van der Waals surface area contributed by atoms with E-state index in [9.17, 15) is 9.00 Å². The molecule has 140 valence electrons. The second-order valence-corrected chi connectivity index (χ2v) is 7.65. The fourth-order valence-corrected chi connectivity index (χ4v) is 4.06. The zero-order valence-electron chi connectivity index (χ0n) is 14.9. The van der Waals surface area contributed by atoms with E-state index < -0.39 is 10.8 Å². The van der Waals surface area contributed by atoms with Crippen molar-refractivity contribution in [3.63, 3.8) is 0 Å². The van der Waals surface area contributed by atoms with Crippen LogP contribution in [-0.2, 0) is 21.3 Å². The van der Waals surface area contributed by atoms with Gasteiger partial charge >= 0.3 is 0 Å². The van der Waals surface area contributed by atoms with Crippen molar-refractivity contribution in [2.75, 3.05) is 39.4 Å². The fraction of sp³-hybridized carbons (Fsp3) is 0.421. The molecule has 1 aromatic heterocycles. The Labute approximate surface area is 156 Å². The van der Waals surface area contributed by atoms with Crippen molar-refractivity contribution in [3.8, 4) is 0 Å². The number of benzene rings is 1. The lowest BCUT2D eigenvalue weighted by Crippen LogP contribution is -2.41. The van der Waals surface area contributed by atoms with Gasteiger partial charge < -0.3 is 14.5 Å². The topological polar surface area (TPSA) is 71.8 Å². The number of ether oxygens (including phenoxy) is 1. The van der Waals surface area contributed by atoms with E-state index in [4.69, 9.17) is 9.15 Å². The number of rotatable bonds is 7. The largest absolute Gasteiger partial charge is 0.455 e. The molecule has 0 bridgehead atoms. The summed E-state index contributed by atoms with van der Waals surface area (Å²) in [6.07, 6.45) is 0. The zero-order valence-corrected chi connectivity index (χ0v) is 15.7. The van der Waals surface area contributed by atoms with Crippen LogP contribution in [0, 0.1) is 6.92 Å². The van der Waals surface area contributed by atoms with Crippen molar-refractivity contribution in [2.24, 2.45) is 0 Å². The monoisotopic (exact) mass is 376 g/mol. The molecule has 0 aliphatic carbocycles. The van der Waals surface area contributed by atoms with Gasteiger partial charge in [-0.05, 0) is 30.7 Å². The predicted octanol–water partition coefficient (Wildman–Crippen LogP) is 1.96. The standard InChI is InChI=1S/C19H24N2O4S/c1-15-4-2-3-5-18(15)26(23)14-16-6-7-17(25-16)19(22)20-8-9-21-10-12-24-13-11-21/h2-7H,8-14H2,1H3,(H,20,22)/t26-/m1/s1. The van der Waals surface area contributed by atoms with E-state index in [0.29, 0.717) is 12.3 Å². The van der Waals surface area contributed by atoms with Crippen molar-refractivity contribution < 1.29 is 18.2 Å². The summed E-state index contributed by atoms with van der Waals surface area (Å²) in [6.45, 7) is 6.56. The fourth-order valence-electron chi connectivity index (χ4n) is 2.84. The zero-order chi connectivity index (χ0) is 18.4. The number of nitrogens with zero attached hydrogens (tertiary/aromatic N) is 1. The summed E-state index contributed by atoms with van der Waals surface area (Å²) in [5.74, 6) is 0.811. The minimum absolute atomic E-state index is 0.244. The van der Waals surface area contributed by atoms with Gasteiger partial charge in [-0.25, -0.2) is 0 Å². The molecule has 1 amide bonds. The van der Waals surface area contributed by atoms with E-state index in [0.717, 1.165) is 43.3 Å². The summed E-state index contributed by atoms with van der Waals surface area (Å²) in [6, 6.07) is 10.9. The first-order valence-electron chi connectivity index (χ1n) is 8.74. The number of carbonyl (C=O) groups excluding carboxylic acids is 1. The first-order chi connectivity index (χ1) is 12.6. The first kappa shape index (κ1) is 18.8. The number of carbonyl (C=O) groups is 1. The van der Waals surface area contributed by atoms with Gasteiger partial charge in [0.15, 0.2) is 5.76 Å². The number of nitrogens with one attached hydrogen (secondary N) is 1. The van der Waals surface area contributed by atoms with Crippen LogP contribution in [0.4, 0.5) is 0 Å². The minimum atomic E-state index is -1.20. The highest BCUT2D eigenvalue weighted by Gasteiger charge is 2.15. The molecule has 1 aliphatic heterocycles. The third-order valence-corrected chi connectivity index (χ3v) is 5.81. The van der Waals surface area contributed by atoms with Crippen LogP contribution in [0.5, 0.6) is 0 Å². The summed E-state index contributed by atoms with van der Waals surface area (Å²) in [4.78, 5) is 15.2. The van der Waals surface area contributed by atoms with Crippen molar-refractivity contribution in [3.05, 3.63) is 53.5 Å². The van der Waals surface area contributed by atoms with Crippen LogP contribution in [-0.4, -0.2) is 54.4 Å². The average molecular weight is 376 g/mol. The number of morpholine rings is 1. The molecule has 0 saturated carbocycles. The lowest BCUT2D eigenvalue weighted by Gasteiger charge is -2.26. The van der Waals surface area contributed by atoms with E-state index in [1.807, 2.05) is 31.2 Å². The van der Waals surface area contributed by atoms with Crippen LogP contribution in [0.25, 0.3) is 0 Å². The van der Waals surface area contributed by atoms with E-state index >= 15 is 0 Å². The summed E-state index contributed by atoms with van der Waals surface area (Å²) in [5, 5.41) is 2.86. The van der Waals surface area contributed by atoms with Crippen molar-refractivity contribution in [1.82, 2.24) is 10.2 Å². The maximum absolute atomic E-state index is 12.5. The van der Waals surface area contributed by atoms with E-state index in [1.54, 1.807) is 12.1 Å².